The van der Waals surface area contributed by atoms with Crippen LogP contribution in [0.2, 0.25) is 0 Å². The van der Waals surface area contributed by atoms with Crippen LogP contribution in [0.5, 0.6) is 0 Å². The lowest BCUT2D eigenvalue weighted by Gasteiger charge is -2.28. The van der Waals surface area contributed by atoms with Gasteiger partial charge in [-0.25, -0.2) is 0 Å². The molecule has 0 aromatic rings. The maximum absolute atomic E-state index is 5.39. The average molecular weight is 258 g/mol. The number of rotatable bonds is 2. The summed E-state index contributed by atoms with van der Waals surface area (Å²) in [6.45, 7) is 0. The molecular formula is C12H22N2S2. The minimum Gasteiger partial charge on any atom is -0.360 e. The zero-order valence-electron chi connectivity index (χ0n) is 9.84. The van der Waals surface area contributed by atoms with Crippen LogP contribution in [0, 0.1) is 0 Å². The third-order valence-electron chi connectivity index (χ3n) is 3.50. The van der Waals surface area contributed by atoms with Gasteiger partial charge in [0.05, 0.1) is 0 Å². The molecule has 1 aliphatic heterocycles. The average Bonchev–Trinajstić information content (AvgIpc) is 2.31. The summed E-state index contributed by atoms with van der Waals surface area (Å²) in [6, 6.07) is 1.25. The highest BCUT2D eigenvalue weighted by Crippen LogP contribution is 2.18. The molecule has 0 radical (unpaired) electrons. The predicted octanol–water partition coefficient (Wildman–Crippen LogP) is 2.68. The summed E-state index contributed by atoms with van der Waals surface area (Å²) in [6.07, 6.45) is 9.23. The van der Waals surface area contributed by atoms with Gasteiger partial charge < -0.3 is 10.6 Å². The van der Waals surface area contributed by atoms with Crippen LogP contribution in [-0.4, -0.2) is 28.7 Å². The number of thiocarbonyl (C=S) groups is 1. The molecule has 1 saturated carbocycles. The highest BCUT2D eigenvalue weighted by molar-refractivity contribution is 7.99. The van der Waals surface area contributed by atoms with Gasteiger partial charge in [0.1, 0.15) is 0 Å². The Labute approximate surface area is 108 Å². The van der Waals surface area contributed by atoms with Crippen molar-refractivity contribution in [1.82, 2.24) is 10.6 Å². The molecule has 92 valence electrons. The van der Waals surface area contributed by atoms with Crippen LogP contribution in [0.1, 0.15) is 44.9 Å². The first kappa shape index (κ1) is 12.5. The van der Waals surface area contributed by atoms with E-state index in [1.165, 1.54) is 56.5 Å². The van der Waals surface area contributed by atoms with Gasteiger partial charge in [0.25, 0.3) is 0 Å². The van der Waals surface area contributed by atoms with Crippen molar-refractivity contribution in [2.24, 2.45) is 0 Å². The minimum absolute atomic E-state index is 0.616. The van der Waals surface area contributed by atoms with E-state index >= 15 is 0 Å². The fourth-order valence-electron chi connectivity index (χ4n) is 2.50. The van der Waals surface area contributed by atoms with Crippen LogP contribution >= 0.6 is 24.0 Å². The van der Waals surface area contributed by atoms with E-state index in [2.05, 4.69) is 22.4 Å². The van der Waals surface area contributed by atoms with Crippen LogP contribution in [-0.2, 0) is 0 Å². The van der Waals surface area contributed by atoms with Crippen molar-refractivity contribution in [1.29, 1.82) is 0 Å². The third kappa shape index (κ3) is 4.13. The molecule has 0 aromatic carbocycles. The van der Waals surface area contributed by atoms with E-state index in [9.17, 15) is 0 Å². The Morgan fingerprint density at radius 2 is 1.44 bits per heavy atom. The summed E-state index contributed by atoms with van der Waals surface area (Å²) < 4.78 is 0. The first-order valence-electron chi connectivity index (χ1n) is 6.49. The minimum atomic E-state index is 0.616. The van der Waals surface area contributed by atoms with Gasteiger partial charge in [-0.1, -0.05) is 19.3 Å². The Morgan fingerprint density at radius 3 is 2.06 bits per heavy atom. The number of nitrogens with one attached hydrogen (secondary N) is 2. The molecule has 1 heterocycles. The van der Waals surface area contributed by atoms with Crippen molar-refractivity contribution >= 4 is 29.1 Å². The highest BCUT2D eigenvalue weighted by atomic mass is 32.2. The SMILES string of the molecule is S=C(NC1CCCCC1)NC1CCSCC1. The van der Waals surface area contributed by atoms with E-state index < -0.39 is 0 Å². The maximum Gasteiger partial charge on any atom is 0.166 e. The van der Waals surface area contributed by atoms with Crippen LogP contribution in [0.3, 0.4) is 0 Å². The number of hydrogen-bond donors (Lipinski definition) is 2. The Hall–Kier alpha value is 0.0400. The third-order valence-corrected chi connectivity index (χ3v) is 4.78. The molecule has 1 saturated heterocycles. The lowest BCUT2D eigenvalue weighted by Crippen LogP contribution is -2.47. The summed E-state index contributed by atoms with van der Waals surface area (Å²) in [5.74, 6) is 2.56. The van der Waals surface area contributed by atoms with E-state index in [0.717, 1.165) is 5.11 Å². The lowest BCUT2D eigenvalue weighted by atomic mass is 9.96. The first-order chi connectivity index (χ1) is 7.84. The van der Waals surface area contributed by atoms with Crippen molar-refractivity contribution in [3.63, 3.8) is 0 Å². The summed E-state index contributed by atoms with van der Waals surface area (Å²) >= 11 is 7.44. The zero-order chi connectivity index (χ0) is 11.2. The summed E-state index contributed by atoms with van der Waals surface area (Å²) in [5.41, 5.74) is 0. The van der Waals surface area contributed by atoms with Gasteiger partial charge in [0.15, 0.2) is 5.11 Å². The molecule has 0 spiro atoms. The number of hydrogen-bond acceptors (Lipinski definition) is 2. The summed E-state index contributed by atoms with van der Waals surface area (Å²) in [4.78, 5) is 0. The van der Waals surface area contributed by atoms with Crippen LogP contribution in [0.15, 0.2) is 0 Å². The molecule has 2 N–H and O–H groups in total. The largest absolute Gasteiger partial charge is 0.360 e. The van der Waals surface area contributed by atoms with E-state index in [4.69, 9.17) is 12.2 Å². The Bertz CT molecular complexity index is 199. The molecule has 16 heavy (non-hydrogen) atoms. The second-order valence-electron chi connectivity index (χ2n) is 4.84. The fourth-order valence-corrected chi connectivity index (χ4v) is 3.94. The first-order valence-corrected chi connectivity index (χ1v) is 8.05. The van der Waals surface area contributed by atoms with Gasteiger partial charge in [-0.2, -0.15) is 11.8 Å². The van der Waals surface area contributed by atoms with E-state index in [-0.39, 0.29) is 0 Å². The topological polar surface area (TPSA) is 24.1 Å². The molecule has 0 atom stereocenters. The molecule has 1 aliphatic carbocycles. The Balaban J connectivity index is 1.66. The summed E-state index contributed by atoms with van der Waals surface area (Å²) in [7, 11) is 0. The van der Waals surface area contributed by atoms with Crippen LogP contribution in [0.4, 0.5) is 0 Å². The van der Waals surface area contributed by atoms with Gasteiger partial charge in [-0.15, -0.1) is 0 Å². The van der Waals surface area contributed by atoms with E-state index in [0.29, 0.717) is 12.1 Å². The normalized spacial score (nSPS) is 24.0. The molecule has 2 fully saturated rings. The maximum atomic E-state index is 5.39. The predicted molar refractivity (Wildman–Crippen MR) is 76.1 cm³/mol. The van der Waals surface area contributed by atoms with Crippen molar-refractivity contribution < 1.29 is 0 Å². The molecule has 0 unspecified atom stereocenters. The Morgan fingerprint density at radius 1 is 0.875 bits per heavy atom. The zero-order valence-corrected chi connectivity index (χ0v) is 11.5. The monoisotopic (exact) mass is 258 g/mol. The van der Waals surface area contributed by atoms with E-state index in [1.54, 1.807) is 0 Å². The van der Waals surface area contributed by atoms with Crippen LogP contribution < -0.4 is 10.6 Å². The molecule has 2 aliphatic rings. The van der Waals surface area contributed by atoms with Gasteiger partial charge in [-0.3, -0.25) is 0 Å². The Kier molecular flexibility index (Phi) is 5.23. The molecule has 0 aromatic heterocycles. The molecule has 0 amide bonds. The second-order valence-corrected chi connectivity index (χ2v) is 6.47. The molecular weight excluding hydrogens is 236 g/mol. The quantitative estimate of drug-likeness (QED) is 0.744. The van der Waals surface area contributed by atoms with Crippen molar-refractivity contribution in [3.05, 3.63) is 0 Å². The lowest BCUT2D eigenvalue weighted by molar-refractivity contribution is 0.409. The van der Waals surface area contributed by atoms with Gasteiger partial charge in [0.2, 0.25) is 0 Å². The van der Waals surface area contributed by atoms with Gasteiger partial charge in [0, 0.05) is 12.1 Å². The standard InChI is InChI=1S/C12H22N2S2/c15-12(13-10-4-2-1-3-5-10)14-11-6-8-16-9-7-11/h10-11H,1-9H2,(H2,13,14,15). The second kappa shape index (κ2) is 6.70. The van der Waals surface area contributed by atoms with E-state index in [1.807, 2.05) is 0 Å². The van der Waals surface area contributed by atoms with Crippen molar-refractivity contribution in [3.8, 4) is 0 Å². The molecule has 4 heteroatoms. The molecule has 0 bridgehead atoms. The number of thioether (sulfide) groups is 1. The van der Waals surface area contributed by atoms with Crippen molar-refractivity contribution in [2.45, 2.75) is 57.0 Å². The molecule has 2 rings (SSSR count). The van der Waals surface area contributed by atoms with Crippen LogP contribution in [0.25, 0.3) is 0 Å². The van der Waals surface area contributed by atoms with Gasteiger partial charge in [-0.05, 0) is 49.4 Å². The van der Waals surface area contributed by atoms with Gasteiger partial charge >= 0.3 is 0 Å². The van der Waals surface area contributed by atoms with Crippen molar-refractivity contribution in [2.75, 3.05) is 11.5 Å². The summed E-state index contributed by atoms with van der Waals surface area (Å²) in [5, 5.41) is 7.85. The fraction of sp³-hybridized carbons (Fsp3) is 0.917. The highest BCUT2D eigenvalue weighted by Gasteiger charge is 2.17. The smallest absolute Gasteiger partial charge is 0.166 e. The molecule has 2 nitrogen and oxygen atoms in total.